The Labute approximate surface area is 82.1 Å². The van der Waals surface area contributed by atoms with Gasteiger partial charge in [-0.3, -0.25) is 4.79 Å². The average Bonchev–Trinajstić information content (AvgIpc) is 3.00. The molecule has 1 aliphatic carbocycles. The number of amides is 1. The fourth-order valence-electron chi connectivity index (χ4n) is 1.67. The highest BCUT2D eigenvalue weighted by Gasteiger charge is 2.45. The first kappa shape index (κ1) is 9.19. The van der Waals surface area contributed by atoms with Crippen LogP contribution in [0.5, 0.6) is 0 Å². The first-order chi connectivity index (χ1) is 6.77. The molecule has 0 radical (unpaired) electrons. The van der Waals surface area contributed by atoms with Gasteiger partial charge in [0.25, 0.3) is 5.91 Å². The van der Waals surface area contributed by atoms with E-state index in [1.165, 1.54) is 0 Å². The van der Waals surface area contributed by atoms with Crippen molar-refractivity contribution in [1.82, 2.24) is 5.32 Å². The van der Waals surface area contributed by atoms with E-state index < -0.39 is 12.6 Å². The topological polar surface area (TPSA) is 29.1 Å². The van der Waals surface area contributed by atoms with Gasteiger partial charge in [0.05, 0.1) is 5.54 Å². The number of hydrogen-bond acceptors (Lipinski definition) is 1. The van der Waals surface area contributed by atoms with E-state index >= 15 is 0 Å². The molecule has 1 fully saturated rings. The summed E-state index contributed by atoms with van der Waals surface area (Å²) in [6.07, 6.45) is 1.81. The number of benzene rings is 1. The number of rotatable bonds is 3. The fourth-order valence-corrected chi connectivity index (χ4v) is 1.67. The van der Waals surface area contributed by atoms with Gasteiger partial charge in [0.2, 0.25) is 0 Å². The third-order valence-electron chi connectivity index (χ3n) is 2.58. The van der Waals surface area contributed by atoms with Crippen molar-refractivity contribution in [2.24, 2.45) is 0 Å². The summed E-state index contributed by atoms with van der Waals surface area (Å²) < 4.78 is 12.0. The third-order valence-corrected chi connectivity index (χ3v) is 2.58. The van der Waals surface area contributed by atoms with Gasteiger partial charge in [-0.2, -0.15) is 0 Å². The van der Waals surface area contributed by atoms with Crippen molar-refractivity contribution in [2.45, 2.75) is 18.4 Å². The molecule has 2 rings (SSSR count). The molecule has 3 heteroatoms. The highest BCUT2D eigenvalue weighted by Crippen LogP contribution is 2.45. The summed E-state index contributed by atoms with van der Waals surface area (Å²) in [7, 11) is 0. The Morgan fingerprint density at radius 2 is 2.00 bits per heavy atom. The first-order valence-corrected chi connectivity index (χ1v) is 4.69. The Morgan fingerprint density at radius 1 is 1.36 bits per heavy atom. The molecule has 1 N–H and O–H groups in total. The average molecular weight is 193 g/mol. The van der Waals surface area contributed by atoms with Gasteiger partial charge in [0, 0.05) is 0 Å². The van der Waals surface area contributed by atoms with Crippen LogP contribution >= 0.6 is 0 Å². The molecular weight excluding hydrogens is 181 g/mol. The SMILES string of the molecule is O=C(CF)NC1(c2ccccc2)CC1. The Balaban J connectivity index is 2.14. The summed E-state index contributed by atoms with van der Waals surface area (Å²) in [5.41, 5.74) is 0.798. The molecule has 0 saturated heterocycles. The van der Waals surface area contributed by atoms with Crippen LogP contribution in [-0.2, 0) is 10.3 Å². The molecule has 74 valence electrons. The van der Waals surface area contributed by atoms with E-state index in [0.717, 1.165) is 18.4 Å². The number of nitrogens with one attached hydrogen (secondary N) is 1. The van der Waals surface area contributed by atoms with Crippen molar-refractivity contribution < 1.29 is 9.18 Å². The van der Waals surface area contributed by atoms with Gasteiger partial charge in [-0.05, 0) is 18.4 Å². The van der Waals surface area contributed by atoms with Gasteiger partial charge in [0.1, 0.15) is 0 Å². The molecule has 1 amide bonds. The lowest BCUT2D eigenvalue weighted by atomic mass is 10.1. The van der Waals surface area contributed by atoms with Crippen LogP contribution in [0.1, 0.15) is 18.4 Å². The molecule has 14 heavy (non-hydrogen) atoms. The lowest BCUT2D eigenvalue weighted by Crippen LogP contribution is -2.35. The molecule has 0 heterocycles. The van der Waals surface area contributed by atoms with Crippen LogP contribution in [0.2, 0.25) is 0 Å². The molecule has 0 spiro atoms. The third kappa shape index (κ3) is 1.62. The number of alkyl halides is 1. The minimum absolute atomic E-state index is 0.273. The normalized spacial score (nSPS) is 17.5. The van der Waals surface area contributed by atoms with Gasteiger partial charge in [-0.1, -0.05) is 30.3 Å². The molecule has 0 unspecified atom stereocenters. The van der Waals surface area contributed by atoms with E-state index in [1.807, 2.05) is 30.3 Å². The second-order valence-electron chi connectivity index (χ2n) is 3.63. The Morgan fingerprint density at radius 3 is 2.50 bits per heavy atom. The largest absolute Gasteiger partial charge is 0.344 e. The maximum atomic E-state index is 12.0. The first-order valence-electron chi connectivity index (χ1n) is 4.69. The standard InChI is InChI=1S/C11H12FNO/c12-8-10(14)13-11(6-7-11)9-4-2-1-3-5-9/h1-5H,6-8H2,(H,13,14). The van der Waals surface area contributed by atoms with Crippen LogP contribution in [-0.4, -0.2) is 12.6 Å². The zero-order valence-electron chi connectivity index (χ0n) is 7.79. The predicted octanol–water partition coefficient (Wildman–Crippen LogP) is 1.76. The van der Waals surface area contributed by atoms with Crippen molar-refractivity contribution in [2.75, 3.05) is 6.67 Å². The smallest absolute Gasteiger partial charge is 0.252 e. The monoisotopic (exact) mass is 193 g/mol. The van der Waals surface area contributed by atoms with Gasteiger partial charge >= 0.3 is 0 Å². The highest BCUT2D eigenvalue weighted by atomic mass is 19.1. The molecule has 1 aromatic carbocycles. The second-order valence-corrected chi connectivity index (χ2v) is 3.63. The van der Waals surface area contributed by atoms with E-state index in [0.29, 0.717) is 0 Å². The summed E-state index contributed by atoms with van der Waals surface area (Å²) in [6.45, 7) is -0.936. The van der Waals surface area contributed by atoms with E-state index in [2.05, 4.69) is 5.32 Å². The predicted molar refractivity (Wildman–Crippen MR) is 51.5 cm³/mol. The van der Waals surface area contributed by atoms with Crippen molar-refractivity contribution >= 4 is 5.91 Å². The van der Waals surface area contributed by atoms with Crippen LogP contribution in [0.4, 0.5) is 4.39 Å². The van der Waals surface area contributed by atoms with Crippen LogP contribution in [0.15, 0.2) is 30.3 Å². The van der Waals surface area contributed by atoms with Crippen LogP contribution in [0.3, 0.4) is 0 Å². The van der Waals surface area contributed by atoms with Gasteiger partial charge in [0.15, 0.2) is 6.67 Å². The van der Waals surface area contributed by atoms with Crippen molar-refractivity contribution in [3.63, 3.8) is 0 Å². The van der Waals surface area contributed by atoms with Crippen LogP contribution < -0.4 is 5.32 Å². The Kier molecular flexibility index (Phi) is 2.23. The summed E-state index contributed by atoms with van der Waals surface area (Å²) in [5.74, 6) is -0.522. The summed E-state index contributed by atoms with van der Waals surface area (Å²) in [4.78, 5) is 11.0. The molecule has 0 atom stereocenters. The summed E-state index contributed by atoms with van der Waals surface area (Å²) in [5, 5.41) is 2.72. The van der Waals surface area contributed by atoms with E-state index in [4.69, 9.17) is 0 Å². The molecule has 1 saturated carbocycles. The van der Waals surface area contributed by atoms with E-state index in [-0.39, 0.29) is 5.54 Å². The quantitative estimate of drug-likeness (QED) is 0.778. The van der Waals surface area contributed by atoms with E-state index in [9.17, 15) is 9.18 Å². The van der Waals surface area contributed by atoms with E-state index in [1.54, 1.807) is 0 Å². The summed E-state index contributed by atoms with van der Waals surface area (Å²) >= 11 is 0. The van der Waals surface area contributed by atoms with Gasteiger partial charge < -0.3 is 5.32 Å². The lowest BCUT2D eigenvalue weighted by Gasteiger charge is -2.16. The molecule has 0 aromatic heterocycles. The van der Waals surface area contributed by atoms with Gasteiger partial charge in [-0.25, -0.2) is 4.39 Å². The number of halogens is 1. The highest BCUT2D eigenvalue weighted by molar-refractivity contribution is 5.78. The van der Waals surface area contributed by atoms with Crippen molar-refractivity contribution in [3.05, 3.63) is 35.9 Å². The fraction of sp³-hybridized carbons (Fsp3) is 0.364. The van der Waals surface area contributed by atoms with Crippen LogP contribution in [0, 0.1) is 0 Å². The lowest BCUT2D eigenvalue weighted by molar-refractivity contribution is -0.123. The zero-order valence-corrected chi connectivity index (χ0v) is 7.79. The van der Waals surface area contributed by atoms with Gasteiger partial charge in [-0.15, -0.1) is 0 Å². The van der Waals surface area contributed by atoms with Crippen molar-refractivity contribution in [3.8, 4) is 0 Å². The minimum Gasteiger partial charge on any atom is -0.344 e. The summed E-state index contributed by atoms with van der Waals surface area (Å²) in [6, 6.07) is 9.71. The molecule has 2 nitrogen and oxygen atoms in total. The second kappa shape index (κ2) is 3.40. The maximum absolute atomic E-state index is 12.0. The number of carbonyl (C=O) groups is 1. The Hall–Kier alpha value is -1.38. The van der Waals surface area contributed by atoms with Crippen molar-refractivity contribution in [1.29, 1.82) is 0 Å². The maximum Gasteiger partial charge on any atom is 0.252 e. The number of hydrogen-bond donors (Lipinski definition) is 1. The minimum atomic E-state index is -0.936. The van der Waals surface area contributed by atoms with Crippen LogP contribution in [0.25, 0.3) is 0 Å². The Bertz CT molecular complexity index is 332. The molecule has 1 aliphatic rings. The zero-order chi connectivity index (χ0) is 10.0. The molecule has 0 aliphatic heterocycles. The molecule has 1 aromatic rings. The molecule has 0 bridgehead atoms. The molecular formula is C11H12FNO. The number of carbonyl (C=O) groups excluding carboxylic acids is 1.